The molecule has 0 bridgehead atoms. The molecule has 19 heavy (non-hydrogen) atoms. The van der Waals surface area contributed by atoms with Crippen molar-refractivity contribution < 1.29 is 15.0 Å². The van der Waals surface area contributed by atoms with Crippen LogP contribution in [0, 0.1) is 6.92 Å². The summed E-state index contributed by atoms with van der Waals surface area (Å²) < 4.78 is 0. The number of phenolic OH excluding ortho intramolecular Hbond substituents is 2. The maximum Gasteiger partial charge on any atom is 0.251 e. The van der Waals surface area contributed by atoms with Gasteiger partial charge < -0.3 is 15.5 Å². The van der Waals surface area contributed by atoms with E-state index in [1.165, 1.54) is 18.2 Å². The van der Waals surface area contributed by atoms with Crippen molar-refractivity contribution >= 4 is 5.91 Å². The second-order valence-electron chi connectivity index (χ2n) is 4.38. The Morgan fingerprint density at radius 3 is 2.58 bits per heavy atom. The Kier molecular flexibility index (Phi) is 3.71. The Morgan fingerprint density at radius 2 is 1.89 bits per heavy atom. The van der Waals surface area contributed by atoms with Crippen LogP contribution in [0.25, 0.3) is 0 Å². The highest BCUT2D eigenvalue weighted by atomic mass is 16.3. The predicted molar refractivity (Wildman–Crippen MR) is 72.1 cm³/mol. The molecule has 0 atom stereocenters. The number of aryl methyl sites for hydroxylation is 1. The summed E-state index contributed by atoms with van der Waals surface area (Å²) in [6.45, 7) is 2.41. The van der Waals surface area contributed by atoms with Crippen LogP contribution in [-0.2, 0) is 6.54 Å². The highest BCUT2D eigenvalue weighted by Gasteiger charge is 2.08. The van der Waals surface area contributed by atoms with Gasteiger partial charge in [0, 0.05) is 12.1 Å². The molecule has 98 valence electrons. The van der Waals surface area contributed by atoms with E-state index in [4.69, 9.17) is 0 Å². The third-order valence-corrected chi connectivity index (χ3v) is 2.77. The lowest BCUT2D eigenvalue weighted by atomic mass is 10.1. The summed E-state index contributed by atoms with van der Waals surface area (Å²) in [5, 5.41) is 21.3. The molecule has 0 spiro atoms. The average Bonchev–Trinajstić information content (AvgIpc) is 2.39. The first-order valence-corrected chi connectivity index (χ1v) is 5.92. The van der Waals surface area contributed by atoms with Gasteiger partial charge in [-0.15, -0.1) is 0 Å². The molecule has 0 saturated carbocycles. The molecule has 0 radical (unpaired) electrons. The van der Waals surface area contributed by atoms with Crippen LogP contribution in [-0.4, -0.2) is 16.1 Å². The number of amides is 1. The smallest absolute Gasteiger partial charge is 0.251 e. The molecule has 4 nitrogen and oxygen atoms in total. The van der Waals surface area contributed by atoms with Crippen molar-refractivity contribution in [3.05, 3.63) is 59.2 Å². The van der Waals surface area contributed by atoms with Crippen LogP contribution in [0.2, 0.25) is 0 Å². The number of phenols is 2. The van der Waals surface area contributed by atoms with Crippen molar-refractivity contribution in [3.63, 3.8) is 0 Å². The third-order valence-electron chi connectivity index (χ3n) is 2.77. The molecule has 1 amide bonds. The van der Waals surface area contributed by atoms with Gasteiger partial charge in [-0.2, -0.15) is 0 Å². The first-order chi connectivity index (χ1) is 9.06. The standard InChI is InChI=1S/C15H15NO3/c1-10-3-2-4-11(7-10)9-16-15(19)12-5-6-13(17)14(18)8-12/h2-8,17-18H,9H2,1H3,(H,16,19). The minimum Gasteiger partial charge on any atom is -0.504 e. The van der Waals surface area contributed by atoms with Crippen molar-refractivity contribution in [1.29, 1.82) is 0 Å². The maximum absolute atomic E-state index is 11.9. The van der Waals surface area contributed by atoms with Crippen LogP contribution in [0.4, 0.5) is 0 Å². The first-order valence-electron chi connectivity index (χ1n) is 5.92. The van der Waals surface area contributed by atoms with Crippen molar-refractivity contribution in [2.45, 2.75) is 13.5 Å². The van der Waals surface area contributed by atoms with Gasteiger partial charge in [-0.05, 0) is 30.7 Å². The number of aromatic hydroxyl groups is 2. The number of rotatable bonds is 3. The SMILES string of the molecule is Cc1cccc(CNC(=O)c2ccc(O)c(O)c2)c1. The summed E-state index contributed by atoms with van der Waals surface area (Å²) in [7, 11) is 0. The van der Waals surface area contributed by atoms with Crippen molar-refractivity contribution in [2.24, 2.45) is 0 Å². The summed E-state index contributed by atoms with van der Waals surface area (Å²) in [5.74, 6) is -0.838. The molecule has 2 aromatic carbocycles. The predicted octanol–water partition coefficient (Wildman–Crippen LogP) is 2.34. The molecule has 0 aliphatic heterocycles. The number of carbonyl (C=O) groups excluding carboxylic acids is 1. The molecule has 3 N–H and O–H groups in total. The minimum atomic E-state index is -0.303. The van der Waals surface area contributed by atoms with E-state index in [2.05, 4.69) is 5.32 Å². The zero-order chi connectivity index (χ0) is 13.8. The van der Waals surface area contributed by atoms with Gasteiger partial charge in [-0.25, -0.2) is 0 Å². The molecule has 0 heterocycles. The van der Waals surface area contributed by atoms with E-state index in [0.717, 1.165) is 11.1 Å². The normalized spacial score (nSPS) is 10.2. The number of carbonyl (C=O) groups is 1. The fraction of sp³-hybridized carbons (Fsp3) is 0.133. The van der Waals surface area contributed by atoms with Crippen molar-refractivity contribution in [2.75, 3.05) is 0 Å². The largest absolute Gasteiger partial charge is 0.504 e. The summed E-state index contributed by atoms with van der Waals surface area (Å²) in [6.07, 6.45) is 0. The summed E-state index contributed by atoms with van der Waals surface area (Å²) in [5.41, 5.74) is 2.45. The zero-order valence-corrected chi connectivity index (χ0v) is 10.6. The molecular weight excluding hydrogens is 242 g/mol. The molecule has 0 aliphatic carbocycles. The fourth-order valence-electron chi connectivity index (χ4n) is 1.77. The Balaban J connectivity index is 2.03. The van der Waals surface area contributed by atoms with E-state index in [0.29, 0.717) is 12.1 Å². The zero-order valence-electron chi connectivity index (χ0n) is 10.6. The Hall–Kier alpha value is -2.49. The third kappa shape index (κ3) is 3.25. The number of hydrogen-bond donors (Lipinski definition) is 3. The molecule has 0 aliphatic rings. The van der Waals surface area contributed by atoms with Crippen LogP contribution >= 0.6 is 0 Å². The Bertz CT molecular complexity index is 608. The van der Waals surface area contributed by atoms with Crippen molar-refractivity contribution in [3.8, 4) is 11.5 Å². The topological polar surface area (TPSA) is 69.6 Å². The van der Waals surface area contributed by atoms with Gasteiger partial charge in [0.15, 0.2) is 11.5 Å². The molecular formula is C15H15NO3. The molecule has 2 aromatic rings. The summed E-state index contributed by atoms with van der Waals surface area (Å²) in [4.78, 5) is 11.9. The monoisotopic (exact) mass is 257 g/mol. The van der Waals surface area contributed by atoms with Crippen molar-refractivity contribution in [1.82, 2.24) is 5.32 Å². The van der Waals surface area contributed by atoms with Crippen LogP contribution in [0.5, 0.6) is 11.5 Å². The molecule has 0 fully saturated rings. The van der Waals surface area contributed by atoms with Gasteiger partial charge in [0.05, 0.1) is 0 Å². The molecule has 4 heteroatoms. The highest BCUT2D eigenvalue weighted by molar-refractivity contribution is 5.94. The molecule has 0 saturated heterocycles. The number of benzene rings is 2. The molecule has 0 unspecified atom stereocenters. The average molecular weight is 257 g/mol. The number of hydrogen-bond acceptors (Lipinski definition) is 3. The van der Waals surface area contributed by atoms with E-state index >= 15 is 0 Å². The Labute approximate surface area is 111 Å². The second kappa shape index (κ2) is 5.44. The van der Waals surface area contributed by atoms with E-state index in [1.54, 1.807) is 0 Å². The van der Waals surface area contributed by atoms with E-state index in [-0.39, 0.29) is 17.4 Å². The first kappa shape index (κ1) is 13.0. The van der Waals surface area contributed by atoms with Gasteiger partial charge in [0.25, 0.3) is 5.91 Å². The van der Waals surface area contributed by atoms with Crippen LogP contribution < -0.4 is 5.32 Å². The Morgan fingerprint density at radius 1 is 1.11 bits per heavy atom. The number of nitrogens with one attached hydrogen (secondary N) is 1. The maximum atomic E-state index is 11.9. The molecule has 2 rings (SSSR count). The van der Waals surface area contributed by atoms with Gasteiger partial charge in [-0.3, -0.25) is 4.79 Å². The van der Waals surface area contributed by atoms with Crippen LogP contribution in [0.3, 0.4) is 0 Å². The lowest BCUT2D eigenvalue weighted by molar-refractivity contribution is 0.0950. The van der Waals surface area contributed by atoms with E-state index < -0.39 is 0 Å². The fourth-order valence-corrected chi connectivity index (χ4v) is 1.77. The minimum absolute atomic E-state index is 0.241. The van der Waals surface area contributed by atoms with Gasteiger partial charge >= 0.3 is 0 Å². The van der Waals surface area contributed by atoms with E-state index in [9.17, 15) is 15.0 Å². The second-order valence-corrected chi connectivity index (χ2v) is 4.38. The molecule has 0 aromatic heterocycles. The highest BCUT2D eigenvalue weighted by Crippen LogP contribution is 2.24. The van der Waals surface area contributed by atoms with Crippen LogP contribution in [0.1, 0.15) is 21.5 Å². The van der Waals surface area contributed by atoms with Gasteiger partial charge in [0.2, 0.25) is 0 Å². The van der Waals surface area contributed by atoms with Gasteiger partial charge in [-0.1, -0.05) is 29.8 Å². The lowest BCUT2D eigenvalue weighted by Gasteiger charge is -2.07. The summed E-state index contributed by atoms with van der Waals surface area (Å²) >= 11 is 0. The van der Waals surface area contributed by atoms with Crippen LogP contribution in [0.15, 0.2) is 42.5 Å². The summed E-state index contributed by atoms with van der Waals surface area (Å²) in [6, 6.07) is 11.8. The van der Waals surface area contributed by atoms with Gasteiger partial charge in [0.1, 0.15) is 0 Å². The van der Waals surface area contributed by atoms with E-state index in [1.807, 2.05) is 31.2 Å². The lowest BCUT2D eigenvalue weighted by Crippen LogP contribution is -2.22. The quantitative estimate of drug-likeness (QED) is 0.739.